The zero-order valence-corrected chi connectivity index (χ0v) is 14.5. The molecule has 1 unspecified atom stereocenters. The topological polar surface area (TPSA) is 89.3 Å². The molecule has 1 N–H and O–H groups in total. The van der Waals surface area contributed by atoms with E-state index in [-0.39, 0.29) is 17.1 Å². The van der Waals surface area contributed by atoms with Gasteiger partial charge in [0.05, 0.1) is 15.2 Å². The first kappa shape index (κ1) is 18.4. The van der Waals surface area contributed by atoms with E-state index in [1.807, 2.05) is 6.92 Å². The van der Waals surface area contributed by atoms with Gasteiger partial charge in [0, 0.05) is 18.7 Å². The molecule has 0 aliphatic heterocycles. The second-order valence-electron chi connectivity index (χ2n) is 5.32. The van der Waals surface area contributed by atoms with Gasteiger partial charge in [0.1, 0.15) is 0 Å². The Hall–Kier alpha value is -1.96. The highest BCUT2D eigenvalue weighted by Gasteiger charge is 2.15. The fourth-order valence-electron chi connectivity index (χ4n) is 2.09. The van der Waals surface area contributed by atoms with E-state index in [1.54, 1.807) is 36.4 Å². The van der Waals surface area contributed by atoms with Gasteiger partial charge in [0.2, 0.25) is 10.0 Å². The third kappa shape index (κ3) is 4.77. The highest BCUT2D eigenvalue weighted by Crippen LogP contribution is 2.25. The molecule has 0 saturated heterocycles. The molecule has 0 aromatic heterocycles. The number of nitrogens with zero attached hydrogens (tertiary/aromatic N) is 1. The molecule has 0 bridgehead atoms. The third-order valence-corrected chi connectivity index (χ3v) is 5.43. The molecule has 0 fully saturated rings. The van der Waals surface area contributed by atoms with Crippen LogP contribution in [0, 0.1) is 17.0 Å². The molecule has 2 rings (SSSR count). The zero-order chi connectivity index (χ0) is 17.7. The van der Waals surface area contributed by atoms with Crippen LogP contribution in [0.4, 0.5) is 5.69 Å². The summed E-state index contributed by atoms with van der Waals surface area (Å²) >= 11 is 6.23. The fourth-order valence-corrected chi connectivity index (χ4v) is 3.39. The number of rotatable bonds is 7. The van der Waals surface area contributed by atoms with E-state index in [2.05, 4.69) is 4.72 Å². The van der Waals surface area contributed by atoms with Crippen molar-refractivity contribution in [1.29, 1.82) is 0 Å². The molecule has 0 radical (unpaired) electrons. The van der Waals surface area contributed by atoms with Crippen LogP contribution in [0.15, 0.2) is 53.4 Å². The average Bonchev–Trinajstić information content (AvgIpc) is 2.55. The Morgan fingerprint density at radius 3 is 2.25 bits per heavy atom. The quantitative estimate of drug-likeness (QED) is 0.459. The van der Waals surface area contributed by atoms with E-state index in [0.717, 1.165) is 5.56 Å². The number of nitrogens with one attached hydrogen (secondary N) is 1. The summed E-state index contributed by atoms with van der Waals surface area (Å²) in [5.74, 6) is 0. The van der Waals surface area contributed by atoms with Crippen LogP contribution in [-0.2, 0) is 10.0 Å². The first-order valence-corrected chi connectivity index (χ1v) is 9.16. The average molecular weight is 369 g/mol. The molecule has 0 heterocycles. The maximum Gasteiger partial charge on any atom is 0.269 e. The molecular weight excluding hydrogens is 352 g/mol. The number of halogens is 1. The van der Waals surface area contributed by atoms with Gasteiger partial charge in [0.25, 0.3) is 5.69 Å². The number of nitro benzene ring substituents is 1. The van der Waals surface area contributed by atoms with Gasteiger partial charge in [-0.25, -0.2) is 13.1 Å². The predicted molar refractivity (Wildman–Crippen MR) is 92.7 cm³/mol. The van der Waals surface area contributed by atoms with Crippen LogP contribution in [0.1, 0.15) is 22.9 Å². The van der Waals surface area contributed by atoms with E-state index in [0.29, 0.717) is 12.0 Å². The van der Waals surface area contributed by atoms with Crippen LogP contribution in [-0.4, -0.2) is 19.9 Å². The molecule has 0 aliphatic rings. The van der Waals surface area contributed by atoms with Crippen LogP contribution < -0.4 is 4.72 Å². The number of aryl methyl sites for hydroxylation is 1. The first-order valence-electron chi connectivity index (χ1n) is 7.24. The SMILES string of the molecule is Cc1ccc(S(=O)(=O)NCCC(Cl)c2ccc([N+](=O)[O-])cc2)cc1. The summed E-state index contributed by atoms with van der Waals surface area (Å²) in [5, 5.41) is 10.2. The van der Waals surface area contributed by atoms with Gasteiger partial charge in [0.15, 0.2) is 0 Å². The summed E-state index contributed by atoms with van der Waals surface area (Å²) in [6.07, 6.45) is 0.366. The van der Waals surface area contributed by atoms with Crippen molar-refractivity contribution in [2.75, 3.05) is 6.54 Å². The third-order valence-electron chi connectivity index (χ3n) is 3.49. The smallest absolute Gasteiger partial charge is 0.258 e. The zero-order valence-electron chi connectivity index (χ0n) is 13.0. The maximum atomic E-state index is 12.2. The van der Waals surface area contributed by atoms with Gasteiger partial charge in [-0.3, -0.25) is 10.1 Å². The van der Waals surface area contributed by atoms with E-state index in [1.165, 1.54) is 12.1 Å². The monoisotopic (exact) mass is 368 g/mol. The summed E-state index contributed by atoms with van der Waals surface area (Å²) in [5.41, 5.74) is 1.67. The Morgan fingerprint density at radius 1 is 1.12 bits per heavy atom. The first-order chi connectivity index (χ1) is 11.3. The summed E-state index contributed by atoms with van der Waals surface area (Å²) in [4.78, 5) is 10.3. The van der Waals surface area contributed by atoms with Crippen molar-refractivity contribution in [2.24, 2.45) is 0 Å². The van der Waals surface area contributed by atoms with Crippen molar-refractivity contribution in [3.63, 3.8) is 0 Å². The van der Waals surface area contributed by atoms with Gasteiger partial charge in [-0.1, -0.05) is 29.8 Å². The lowest BCUT2D eigenvalue weighted by Crippen LogP contribution is -2.25. The molecule has 2 aromatic rings. The van der Waals surface area contributed by atoms with Crippen LogP contribution >= 0.6 is 11.6 Å². The molecule has 8 heteroatoms. The molecule has 2 aromatic carbocycles. The fraction of sp³-hybridized carbons (Fsp3) is 0.250. The Kier molecular flexibility index (Phi) is 5.93. The lowest BCUT2D eigenvalue weighted by atomic mass is 10.1. The molecule has 0 amide bonds. The second kappa shape index (κ2) is 7.74. The standard InChI is InChI=1S/C16H17ClN2O4S/c1-12-2-8-15(9-3-12)24(22,23)18-11-10-16(17)13-4-6-14(7-5-13)19(20)21/h2-9,16,18H,10-11H2,1H3. The normalized spacial score (nSPS) is 12.8. The highest BCUT2D eigenvalue weighted by atomic mass is 35.5. The van der Waals surface area contributed by atoms with Gasteiger partial charge in [-0.2, -0.15) is 0 Å². The molecule has 128 valence electrons. The molecule has 1 atom stereocenters. The largest absolute Gasteiger partial charge is 0.269 e. The van der Waals surface area contributed by atoms with Crippen molar-refractivity contribution in [3.05, 3.63) is 69.8 Å². The molecular formula is C16H17ClN2O4S. The molecule has 0 aliphatic carbocycles. The summed E-state index contributed by atoms with van der Waals surface area (Å²) < 4.78 is 26.8. The van der Waals surface area contributed by atoms with Crippen molar-refractivity contribution < 1.29 is 13.3 Å². The van der Waals surface area contributed by atoms with Gasteiger partial charge in [-0.15, -0.1) is 11.6 Å². The predicted octanol–water partition coefficient (Wildman–Crippen LogP) is 3.55. The molecule has 6 nitrogen and oxygen atoms in total. The number of nitro groups is 1. The van der Waals surface area contributed by atoms with Gasteiger partial charge < -0.3 is 0 Å². The lowest BCUT2D eigenvalue weighted by Gasteiger charge is -2.11. The second-order valence-corrected chi connectivity index (χ2v) is 7.61. The summed E-state index contributed by atoms with van der Waals surface area (Å²) in [7, 11) is -3.57. The Bertz CT molecular complexity index is 805. The van der Waals surface area contributed by atoms with Crippen LogP contribution in [0.5, 0.6) is 0 Å². The van der Waals surface area contributed by atoms with Crippen LogP contribution in [0.25, 0.3) is 0 Å². The number of benzene rings is 2. The van der Waals surface area contributed by atoms with Crippen LogP contribution in [0.3, 0.4) is 0 Å². The van der Waals surface area contributed by atoms with Crippen LogP contribution in [0.2, 0.25) is 0 Å². The van der Waals surface area contributed by atoms with Gasteiger partial charge in [-0.05, 0) is 31.0 Å². The van der Waals surface area contributed by atoms with E-state index >= 15 is 0 Å². The number of alkyl halides is 1. The Labute approximate surface area is 145 Å². The number of hydrogen-bond donors (Lipinski definition) is 1. The Balaban J connectivity index is 1.93. The highest BCUT2D eigenvalue weighted by molar-refractivity contribution is 7.89. The van der Waals surface area contributed by atoms with E-state index < -0.39 is 20.3 Å². The maximum absolute atomic E-state index is 12.2. The van der Waals surface area contributed by atoms with Crippen molar-refractivity contribution in [3.8, 4) is 0 Å². The Morgan fingerprint density at radius 2 is 1.71 bits per heavy atom. The lowest BCUT2D eigenvalue weighted by molar-refractivity contribution is -0.384. The molecule has 0 saturated carbocycles. The van der Waals surface area contributed by atoms with Crippen molar-refractivity contribution in [1.82, 2.24) is 4.72 Å². The summed E-state index contributed by atoms with van der Waals surface area (Å²) in [6, 6.07) is 12.5. The number of non-ortho nitro benzene ring substituents is 1. The van der Waals surface area contributed by atoms with Gasteiger partial charge >= 0.3 is 0 Å². The van der Waals surface area contributed by atoms with E-state index in [4.69, 9.17) is 11.6 Å². The van der Waals surface area contributed by atoms with E-state index in [9.17, 15) is 18.5 Å². The summed E-state index contributed by atoms with van der Waals surface area (Å²) in [6.45, 7) is 2.05. The number of sulfonamides is 1. The molecule has 24 heavy (non-hydrogen) atoms. The van der Waals surface area contributed by atoms with Crippen molar-refractivity contribution in [2.45, 2.75) is 23.6 Å². The minimum Gasteiger partial charge on any atom is -0.258 e. The number of hydrogen-bond acceptors (Lipinski definition) is 4. The van der Waals surface area contributed by atoms with Crippen molar-refractivity contribution >= 4 is 27.3 Å². The minimum absolute atomic E-state index is 0.0114. The molecule has 0 spiro atoms. The minimum atomic E-state index is -3.57.